The van der Waals surface area contributed by atoms with E-state index in [0.717, 1.165) is 22.3 Å². The first-order chi connectivity index (χ1) is 9.79. The molecule has 0 fully saturated rings. The van der Waals surface area contributed by atoms with E-state index in [1.165, 1.54) is 37.7 Å². The van der Waals surface area contributed by atoms with Crippen molar-refractivity contribution >= 4 is 15.9 Å². The number of unbranched alkanes of at least 4 members (excludes halogenated alkanes) is 4. The molecular formula is C17H21BrN2. The Morgan fingerprint density at radius 1 is 0.900 bits per heavy atom. The van der Waals surface area contributed by atoms with Gasteiger partial charge in [0.2, 0.25) is 0 Å². The highest BCUT2D eigenvalue weighted by molar-refractivity contribution is 9.10. The van der Waals surface area contributed by atoms with E-state index < -0.39 is 0 Å². The van der Waals surface area contributed by atoms with Crippen molar-refractivity contribution < 1.29 is 0 Å². The minimum absolute atomic E-state index is 0.798. The van der Waals surface area contributed by atoms with Crippen LogP contribution in [0, 0.1) is 0 Å². The van der Waals surface area contributed by atoms with Crippen molar-refractivity contribution in [3.63, 3.8) is 0 Å². The lowest BCUT2D eigenvalue weighted by Gasteiger charge is -2.03. The van der Waals surface area contributed by atoms with Gasteiger partial charge in [-0.1, -0.05) is 60.7 Å². The summed E-state index contributed by atoms with van der Waals surface area (Å²) in [6, 6.07) is 8.09. The van der Waals surface area contributed by atoms with E-state index in [0.29, 0.717) is 0 Å². The monoisotopic (exact) mass is 332 g/mol. The van der Waals surface area contributed by atoms with Gasteiger partial charge in [-0.2, -0.15) is 0 Å². The molecule has 2 rings (SSSR count). The molecule has 106 valence electrons. The summed E-state index contributed by atoms with van der Waals surface area (Å²) >= 11 is 3.44. The Morgan fingerprint density at radius 3 is 2.20 bits per heavy atom. The van der Waals surface area contributed by atoms with Crippen LogP contribution in [0.25, 0.3) is 11.4 Å². The number of nitrogens with zero attached hydrogens (tertiary/aromatic N) is 2. The van der Waals surface area contributed by atoms with Gasteiger partial charge < -0.3 is 0 Å². The predicted molar refractivity (Wildman–Crippen MR) is 87.6 cm³/mol. The zero-order chi connectivity index (χ0) is 14.2. The summed E-state index contributed by atoms with van der Waals surface area (Å²) in [6.45, 7) is 2.24. The second-order valence-electron chi connectivity index (χ2n) is 5.09. The minimum Gasteiger partial charge on any atom is -0.236 e. The van der Waals surface area contributed by atoms with Crippen molar-refractivity contribution in [1.82, 2.24) is 9.97 Å². The van der Waals surface area contributed by atoms with Gasteiger partial charge in [-0.25, -0.2) is 9.97 Å². The molecule has 0 aliphatic heterocycles. The van der Waals surface area contributed by atoms with E-state index in [2.05, 4.69) is 32.8 Å². The van der Waals surface area contributed by atoms with Gasteiger partial charge in [0.25, 0.3) is 0 Å². The molecule has 20 heavy (non-hydrogen) atoms. The molecule has 0 N–H and O–H groups in total. The fourth-order valence-corrected chi connectivity index (χ4v) is 2.43. The standard InChI is InChI=1S/C17H21BrN2/c1-2-3-4-5-6-7-14-12-19-17(20-13-14)15-8-10-16(18)11-9-15/h8-13H,2-7H2,1H3. The highest BCUT2D eigenvalue weighted by Gasteiger charge is 2.01. The van der Waals surface area contributed by atoms with Crippen molar-refractivity contribution in [2.45, 2.75) is 45.4 Å². The Balaban J connectivity index is 1.88. The van der Waals surface area contributed by atoms with Crippen molar-refractivity contribution in [2.24, 2.45) is 0 Å². The maximum Gasteiger partial charge on any atom is 0.159 e. The molecule has 2 aromatic rings. The third-order valence-corrected chi connectivity index (χ3v) is 3.91. The summed E-state index contributed by atoms with van der Waals surface area (Å²) in [4.78, 5) is 8.93. The van der Waals surface area contributed by atoms with E-state index in [1.54, 1.807) is 0 Å². The summed E-state index contributed by atoms with van der Waals surface area (Å²) in [5, 5.41) is 0. The van der Waals surface area contributed by atoms with Gasteiger partial charge in [-0.15, -0.1) is 0 Å². The number of hydrogen-bond donors (Lipinski definition) is 0. The number of hydrogen-bond acceptors (Lipinski definition) is 2. The summed E-state index contributed by atoms with van der Waals surface area (Å²) in [5.41, 5.74) is 2.30. The Hall–Kier alpha value is -1.22. The van der Waals surface area contributed by atoms with Gasteiger partial charge in [0, 0.05) is 22.4 Å². The van der Waals surface area contributed by atoms with Crippen LogP contribution in [0.4, 0.5) is 0 Å². The summed E-state index contributed by atoms with van der Waals surface area (Å²) < 4.78 is 1.07. The zero-order valence-electron chi connectivity index (χ0n) is 12.0. The normalized spacial score (nSPS) is 10.7. The van der Waals surface area contributed by atoms with Crippen molar-refractivity contribution in [3.05, 3.63) is 46.7 Å². The smallest absolute Gasteiger partial charge is 0.159 e. The Kier molecular flexibility index (Phi) is 6.19. The number of rotatable bonds is 7. The molecule has 0 aliphatic rings. The molecule has 1 aromatic heterocycles. The maximum absolute atomic E-state index is 4.47. The van der Waals surface area contributed by atoms with E-state index >= 15 is 0 Å². The molecule has 0 saturated heterocycles. The third-order valence-electron chi connectivity index (χ3n) is 3.38. The van der Waals surface area contributed by atoms with Gasteiger partial charge in [0.05, 0.1) is 0 Å². The van der Waals surface area contributed by atoms with Crippen LogP contribution in [0.15, 0.2) is 41.1 Å². The molecule has 2 nitrogen and oxygen atoms in total. The SMILES string of the molecule is CCCCCCCc1cnc(-c2ccc(Br)cc2)nc1. The number of aryl methyl sites for hydroxylation is 1. The van der Waals surface area contributed by atoms with Gasteiger partial charge in [0.15, 0.2) is 5.82 Å². The molecule has 0 spiro atoms. The van der Waals surface area contributed by atoms with E-state index in [9.17, 15) is 0 Å². The highest BCUT2D eigenvalue weighted by Crippen LogP contribution is 2.18. The topological polar surface area (TPSA) is 25.8 Å². The van der Waals surface area contributed by atoms with Crippen LogP contribution in [0.2, 0.25) is 0 Å². The van der Waals surface area contributed by atoms with Gasteiger partial charge >= 0.3 is 0 Å². The van der Waals surface area contributed by atoms with E-state index in [1.807, 2.05) is 36.7 Å². The third kappa shape index (κ3) is 4.71. The maximum atomic E-state index is 4.47. The fourth-order valence-electron chi connectivity index (χ4n) is 2.16. The second-order valence-corrected chi connectivity index (χ2v) is 6.00. The van der Waals surface area contributed by atoms with Crippen LogP contribution < -0.4 is 0 Å². The quantitative estimate of drug-likeness (QED) is 0.632. The molecule has 0 aliphatic carbocycles. The Morgan fingerprint density at radius 2 is 1.55 bits per heavy atom. The second kappa shape index (κ2) is 8.15. The predicted octanol–water partition coefficient (Wildman–Crippen LogP) is 5.42. The molecule has 0 amide bonds. The lowest BCUT2D eigenvalue weighted by Crippen LogP contribution is -1.93. The lowest BCUT2D eigenvalue weighted by molar-refractivity contribution is 0.631. The first-order valence-corrected chi connectivity index (χ1v) is 8.15. The first-order valence-electron chi connectivity index (χ1n) is 7.36. The molecular weight excluding hydrogens is 312 g/mol. The van der Waals surface area contributed by atoms with Crippen molar-refractivity contribution in [3.8, 4) is 11.4 Å². The van der Waals surface area contributed by atoms with Crippen molar-refractivity contribution in [1.29, 1.82) is 0 Å². The molecule has 0 unspecified atom stereocenters. The summed E-state index contributed by atoms with van der Waals surface area (Å²) in [6.07, 6.45) is 11.5. The summed E-state index contributed by atoms with van der Waals surface area (Å²) in [7, 11) is 0. The molecule has 0 saturated carbocycles. The Bertz CT molecular complexity index is 506. The molecule has 1 heterocycles. The highest BCUT2D eigenvalue weighted by atomic mass is 79.9. The van der Waals surface area contributed by atoms with Crippen molar-refractivity contribution in [2.75, 3.05) is 0 Å². The average molecular weight is 333 g/mol. The molecule has 3 heteroatoms. The largest absolute Gasteiger partial charge is 0.236 e. The average Bonchev–Trinajstić information content (AvgIpc) is 2.49. The van der Waals surface area contributed by atoms with Crippen LogP contribution in [0.5, 0.6) is 0 Å². The zero-order valence-corrected chi connectivity index (χ0v) is 13.6. The van der Waals surface area contributed by atoms with Crippen LogP contribution in [0.1, 0.15) is 44.6 Å². The fraction of sp³-hybridized carbons (Fsp3) is 0.412. The number of halogens is 1. The molecule has 1 aromatic carbocycles. The van der Waals surface area contributed by atoms with Crippen LogP contribution in [0.3, 0.4) is 0 Å². The number of aromatic nitrogens is 2. The summed E-state index contributed by atoms with van der Waals surface area (Å²) in [5.74, 6) is 0.798. The van der Waals surface area contributed by atoms with Gasteiger partial charge in [0.1, 0.15) is 0 Å². The van der Waals surface area contributed by atoms with Crippen LogP contribution in [-0.4, -0.2) is 9.97 Å². The lowest BCUT2D eigenvalue weighted by atomic mass is 10.1. The first kappa shape index (κ1) is 15.2. The van der Waals surface area contributed by atoms with Gasteiger partial charge in [-0.05, 0) is 30.5 Å². The van der Waals surface area contributed by atoms with E-state index in [4.69, 9.17) is 0 Å². The molecule has 0 bridgehead atoms. The molecule has 0 radical (unpaired) electrons. The van der Waals surface area contributed by atoms with Crippen LogP contribution >= 0.6 is 15.9 Å². The number of benzene rings is 1. The van der Waals surface area contributed by atoms with E-state index in [-0.39, 0.29) is 0 Å². The Labute approximate surface area is 129 Å². The van der Waals surface area contributed by atoms with Crippen LogP contribution in [-0.2, 0) is 6.42 Å². The molecule has 0 atom stereocenters. The minimum atomic E-state index is 0.798. The van der Waals surface area contributed by atoms with Gasteiger partial charge in [-0.3, -0.25) is 0 Å².